The van der Waals surface area contributed by atoms with Gasteiger partial charge in [0.2, 0.25) is 0 Å². The molecule has 20 heavy (non-hydrogen) atoms. The summed E-state index contributed by atoms with van der Waals surface area (Å²) in [5, 5.41) is 10.3. The van der Waals surface area contributed by atoms with Crippen molar-refractivity contribution in [3.8, 4) is 5.75 Å². The highest BCUT2D eigenvalue weighted by molar-refractivity contribution is 5.31. The third kappa shape index (κ3) is 3.61. The van der Waals surface area contributed by atoms with E-state index in [2.05, 4.69) is 26.0 Å². The van der Waals surface area contributed by atoms with Gasteiger partial charge in [-0.2, -0.15) is 0 Å². The summed E-state index contributed by atoms with van der Waals surface area (Å²) in [7, 11) is 1.65. The van der Waals surface area contributed by atoms with Gasteiger partial charge in [-0.15, -0.1) is 0 Å². The van der Waals surface area contributed by atoms with E-state index in [1.54, 1.807) is 7.11 Å². The Labute approximate surface area is 121 Å². The minimum atomic E-state index is -0.483. The Bertz CT molecular complexity index is 544. The summed E-state index contributed by atoms with van der Waals surface area (Å²) in [5.41, 5.74) is 3.32. The van der Waals surface area contributed by atoms with Crippen molar-refractivity contribution in [3.05, 3.63) is 65.2 Å². The molecule has 0 aliphatic carbocycles. The fraction of sp³-hybridized carbons (Fsp3) is 0.333. The average Bonchev–Trinajstić information content (AvgIpc) is 2.47. The van der Waals surface area contributed by atoms with Crippen molar-refractivity contribution < 1.29 is 9.84 Å². The number of aliphatic hydroxyl groups excluding tert-OH is 1. The Kier molecular flexibility index (Phi) is 4.80. The highest BCUT2D eigenvalue weighted by atomic mass is 16.5. The van der Waals surface area contributed by atoms with Gasteiger partial charge in [-0.3, -0.25) is 0 Å². The molecule has 2 aromatic carbocycles. The van der Waals surface area contributed by atoms with Crippen molar-refractivity contribution in [3.63, 3.8) is 0 Å². The average molecular weight is 270 g/mol. The molecule has 2 heteroatoms. The van der Waals surface area contributed by atoms with Crippen molar-refractivity contribution in [2.45, 2.75) is 32.3 Å². The quantitative estimate of drug-likeness (QED) is 0.886. The first-order valence-corrected chi connectivity index (χ1v) is 7.01. The summed E-state index contributed by atoms with van der Waals surface area (Å²) in [6.07, 6.45) is 0.112. The number of ether oxygens (including phenoxy) is 1. The van der Waals surface area contributed by atoms with Crippen LogP contribution in [-0.2, 0) is 6.42 Å². The predicted octanol–water partition coefficient (Wildman–Crippen LogP) is 4.09. The third-order valence-electron chi connectivity index (χ3n) is 3.55. The van der Waals surface area contributed by atoms with Gasteiger partial charge in [0.05, 0.1) is 13.2 Å². The zero-order valence-corrected chi connectivity index (χ0v) is 12.3. The topological polar surface area (TPSA) is 29.5 Å². The Morgan fingerprint density at radius 1 is 1.00 bits per heavy atom. The standard InChI is InChI=1S/C18H22O2/c1-13(2)15-7-9-16(10-8-15)18(19)12-14-5-4-6-17(11-14)20-3/h4-11,13,18-19H,12H2,1-3H3. The molecule has 106 valence electrons. The largest absolute Gasteiger partial charge is 0.497 e. The Balaban J connectivity index is 2.08. The second kappa shape index (κ2) is 6.58. The van der Waals surface area contributed by atoms with Crippen LogP contribution in [0, 0.1) is 0 Å². The van der Waals surface area contributed by atoms with Crippen molar-refractivity contribution in [1.29, 1.82) is 0 Å². The summed E-state index contributed by atoms with van der Waals surface area (Å²) in [4.78, 5) is 0. The molecule has 1 unspecified atom stereocenters. The van der Waals surface area contributed by atoms with Crippen molar-refractivity contribution in [2.75, 3.05) is 7.11 Å². The van der Waals surface area contributed by atoms with E-state index >= 15 is 0 Å². The Hall–Kier alpha value is -1.80. The minimum Gasteiger partial charge on any atom is -0.497 e. The lowest BCUT2D eigenvalue weighted by molar-refractivity contribution is 0.178. The van der Waals surface area contributed by atoms with Crippen molar-refractivity contribution >= 4 is 0 Å². The van der Waals surface area contributed by atoms with E-state index in [4.69, 9.17) is 4.74 Å². The fourth-order valence-electron chi connectivity index (χ4n) is 2.24. The molecule has 0 heterocycles. The fourth-order valence-corrected chi connectivity index (χ4v) is 2.24. The van der Waals surface area contributed by atoms with Gasteiger partial charge < -0.3 is 9.84 Å². The van der Waals surface area contributed by atoms with E-state index in [1.165, 1.54) is 5.56 Å². The van der Waals surface area contributed by atoms with Gasteiger partial charge in [-0.25, -0.2) is 0 Å². The maximum absolute atomic E-state index is 10.3. The molecule has 0 saturated heterocycles. The summed E-state index contributed by atoms with van der Waals surface area (Å²) in [6, 6.07) is 16.0. The van der Waals surface area contributed by atoms with E-state index in [1.807, 2.05) is 36.4 Å². The maximum Gasteiger partial charge on any atom is 0.119 e. The first-order chi connectivity index (χ1) is 9.60. The highest BCUT2D eigenvalue weighted by Gasteiger charge is 2.09. The molecule has 0 aliphatic rings. The lowest BCUT2D eigenvalue weighted by Gasteiger charge is -2.13. The van der Waals surface area contributed by atoms with Crippen LogP contribution in [-0.4, -0.2) is 12.2 Å². The summed E-state index contributed by atoms with van der Waals surface area (Å²) in [5.74, 6) is 1.34. The van der Waals surface area contributed by atoms with Crippen LogP contribution < -0.4 is 4.74 Å². The molecule has 0 saturated carbocycles. The second-order valence-electron chi connectivity index (χ2n) is 5.39. The number of aliphatic hydroxyl groups is 1. The molecule has 0 fully saturated rings. The van der Waals surface area contributed by atoms with Crippen LogP contribution in [0.5, 0.6) is 5.75 Å². The first kappa shape index (κ1) is 14.6. The molecule has 1 N–H and O–H groups in total. The molecule has 0 bridgehead atoms. The smallest absolute Gasteiger partial charge is 0.119 e. The van der Waals surface area contributed by atoms with E-state index in [9.17, 15) is 5.11 Å². The molecule has 2 nitrogen and oxygen atoms in total. The van der Waals surface area contributed by atoms with E-state index in [-0.39, 0.29) is 0 Å². The number of hydrogen-bond acceptors (Lipinski definition) is 2. The van der Waals surface area contributed by atoms with Gasteiger partial charge in [-0.1, -0.05) is 50.2 Å². The van der Waals surface area contributed by atoms with Crippen molar-refractivity contribution in [1.82, 2.24) is 0 Å². The zero-order chi connectivity index (χ0) is 14.5. The molecule has 0 spiro atoms. The monoisotopic (exact) mass is 270 g/mol. The Morgan fingerprint density at radius 3 is 2.25 bits per heavy atom. The second-order valence-corrected chi connectivity index (χ2v) is 5.39. The molecule has 0 radical (unpaired) electrons. The summed E-state index contributed by atoms with van der Waals surface area (Å²) in [6.45, 7) is 4.34. The lowest BCUT2D eigenvalue weighted by atomic mass is 9.97. The van der Waals surface area contributed by atoms with Crippen LogP contribution >= 0.6 is 0 Å². The van der Waals surface area contributed by atoms with E-state index < -0.39 is 6.10 Å². The number of hydrogen-bond donors (Lipinski definition) is 1. The Morgan fingerprint density at radius 2 is 1.65 bits per heavy atom. The van der Waals surface area contributed by atoms with Gasteiger partial charge >= 0.3 is 0 Å². The molecular weight excluding hydrogens is 248 g/mol. The van der Waals surface area contributed by atoms with Crippen LogP contribution in [0.4, 0.5) is 0 Å². The van der Waals surface area contributed by atoms with Gasteiger partial charge in [0, 0.05) is 6.42 Å². The molecular formula is C18H22O2. The molecule has 1 atom stereocenters. The number of benzene rings is 2. The van der Waals surface area contributed by atoms with Gasteiger partial charge in [0.25, 0.3) is 0 Å². The lowest BCUT2D eigenvalue weighted by Crippen LogP contribution is -2.02. The van der Waals surface area contributed by atoms with Crippen LogP contribution in [0.1, 0.15) is 42.6 Å². The molecule has 0 amide bonds. The normalized spacial score (nSPS) is 12.4. The number of methoxy groups -OCH3 is 1. The van der Waals surface area contributed by atoms with Crippen LogP contribution in [0.25, 0.3) is 0 Å². The maximum atomic E-state index is 10.3. The van der Waals surface area contributed by atoms with Crippen LogP contribution in [0.3, 0.4) is 0 Å². The van der Waals surface area contributed by atoms with Crippen LogP contribution in [0.2, 0.25) is 0 Å². The van der Waals surface area contributed by atoms with Crippen LogP contribution in [0.15, 0.2) is 48.5 Å². The van der Waals surface area contributed by atoms with E-state index in [0.29, 0.717) is 12.3 Å². The van der Waals surface area contributed by atoms with Crippen molar-refractivity contribution in [2.24, 2.45) is 0 Å². The third-order valence-corrected chi connectivity index (χ3v) is 3.55. The summed E-state index contributed by atoms with van der Waals surface area (Å²) >= 11 is 0. The highest BCUT2D eigenvalue weighted by Crippen LogP contribution is 2.23. The van der Waals surface area contributed by atoms with Gasteiger partial charge in [0.15, 0.2) is 0 Å². The van der Waals surface area contributed by atoms with Gasteiger partial charge in [-0.05, 0) is 34.7 Å². The zero-order valence-electron chi connectivity index (χ0n) is 12.3. The molecule has 2 rings (SSSR count). The predicted molar refractivity (Wildman–Crippen MR) is 82.2 cm³/mol. The van der Waals surface area contributed by atoms with E-state index in [0.717, 1.165) is 16.9 Å². The molecule has 2 aromatic rings. The molecule has 0 aliphatic heterocycles. The first-order valence-electron chi connectivity index (χ1n) is 7.01. The molecule has 0 aromatic heterocycles. The minimum absolute atomic E-state index is 0.483. The number of rotatable bonds is 5. The van der Waals surface area contributed by atoms with Gasteiger partial charge in [0.1, 0.15) is 5.75 Å². The summed E-state index contributed by atoms with van der Waals surface area (Å²) < 4.78 is 5.20. The SMILES string of the molecule is COc1cccc(CC(O)c2ccc(C(C)C)cc2)c1.